The number of rotatable bonds is 3. The van der Waals surface area contributed by atoms with E-state index in [0.717, 1.165) is 38.5 Å². The van der Waals surface area contributed by atoms with Crippen molar-refractivity contribution in [2.45, 2.75) is 25.1 Å². The van der Waals surface area contributed by atoms with E-state index < -0.39 is 11.7 Å². The first-order valence-electron chi connectivity index (χ1n) is 10.4. The van der Waals surface area contributed by atoms with Gasteiger partial charge in [-0.1, -0.05) is 24.3 Å². The van der Waals surface area contributed by atoms with Crippen LogP contribution < -0.4 is 4.90 Å². The number of benzene rings is 2. The molecule has 4 nitrogen and oxygen atoms in total. The lowest BCUT2D eigenvalue weighted by Crippen LogP contribution is -2.55. The van der Waals surface area contributed by atoms with Gasteiger partial charge in [-0.15, -0.1) is 0 Å². The van der Waals surface area contributed by atoms with E-state index in [4.69, 9.17) is 0 Å². The molecule has 0 unspecified atom stereocenters. The first kappa shape index (κ1) is 20.7. The summed E-state index contributed by atoms with van der Waals surface area (Å²) >= 11 is 0. The van der Waals surface area contributed by atoms with Gasteiger partial charge in [0, 0.05) is 56.6 Å². The number of anilines is 1. The molecule has 2 fully saturated rings. The second kappa shape index (κ2) is 8.68. The molecule has 0 saturated carbocycles. The van der Waals surface area contributed by atoms with E-state index in [9.17, 15) is 18.0 Å². The van der Waals surface area contributed by atoms with Crippen molar-refractivity contribution in [1.29, 1.82) is 0 Å². The lowest BCUT2D eigenvalue weighted by atomic mass is 10.0. The van der Waals surface area contributed by atoms with Crippen LogP contribution in [-0.4, -0.2) is 61.0 Å². The Kier molecular flexibility index (Phi) is 5.99. The van der Waals surface area contributed by atoms with Crippen LogP contribution in [0.1, 0.15) is 28.8 Å². The summed E-state index contributed by atoms with van der Waals surface area (Å²) in [5, 5.41) is 0. The second-order valence-electron chi connectivity index (χ2n) is 7.98. The molecular formula is C23H26F3N3O. The third-order valence-electron chi connectivity index (χ3n) is 6.07. The van der Waals surface area contributed by atoms with Gasteiger partial charge >= 0.3 is 6.18 Å². The van der Waals surface area contributed by atoms with Crippen LogP contribution in [0, 0.1) is 0 Å². The number of hydrogen-bond donors (Lipinski definition) is 0. The zero-order valence-corrected chi connectivity index (χ0v) is 16.8. The van der Waals surface area contributed by atoms with Crippen molar-refractivity contribution in [3.05, 3.63) is 65.7 Å². The molecule has 2 aromatic carbocycles. The van der Waals surface area contributed by atoms with Gasteiger partial charge in [-0.2, -0.15) is 13.2 Å². The van der Waals surface area contributed by atoms with E-state index in [-0.39, 0.29) is 5.91 Å². The van der Waals surface area contributed by atoms with E-state index in [1.165, 1.54) is 12.1 Å². The molecule has 2 aliphatic rings. The van der Waals surface area contributed by atoms with Crippen LogP contribution in [0.15, 0.2) is 54.6 Å². The van der Waals surface area contributed by atoms with Gasteiger partial charge < -0.3 is 9.80 Å². The van der Waals surface area contributed by atoms with Gasteiger partial charge in [-0.25, -0.2) is 0 Å². The highest BCUT2D eigenvalue weighted by atomic mass is 19.4. The fourth-order valence-corrected chi connectivity index (χ4v) is 4.42. The standard InChI is InChI=1S/C23H26F3N3O/c24-23(25,26)19-8-4-9-20(16-19)27-12-14-28(15-13-27)21-10-5-11-29(17-21)22(30)18-6-2-1-3-7-18/h1-4,6-9,16,21H,5,10-15,17H2/t21-/m0/s1. The largest absolute Gasteiger partial charge is 0.416 e. The van der Waals surface area contributed by atoms with E-state index in [1.54, 1.807) is 6.07 Å². The smallest absolute Gasteiger partial charge is 0.369 e. The summed E-state index contributed by atoms with van der Waals surface area (Å²) in [6, 6.07) is 15.2. The molecule has 0 bridgehead atoms. The molecule has 0 aromatic heterocycles. The Labute approximate surface area is 174 Å². The molecule has 2 heterocycles. The summed E-state index contributed by atoms with van der Waals surface area (Å²) < 4.78 is 39.0. The van der Waals surface area contributed by atoms with Crippen LogP contribution in [0.5, 0.6) is 0 Å². The summed E-state index contributed by atoms with van der Waals surface area (Å²) in [6.07, 6.45) is -2.31. The number of likely N-dealkylation sites (tertiary alicyclic amines) is 1. The van der Waals surface area contributed by atoms with Crippen LogP contribution in [-0.2, 0) is 6.18 Å². The predicted molar refractivity (Wildman–Crippen MR) is 111 cm³/mol. The molecule has 2 saturated heterocycles. The van der Waals surface area contributed by atoms with Gasteiger partial charge in [0.1, 0.15) is 0 Å². The predicted octanol–water partition coefficient (Wildman–Crippen LogP) is 4.13. The Morgan fingerprint density at radius 2 is 1.63 bits per heavy atom. The molecule has 4 rings (SSSR count). The fraction of sp³-hybridized carbons (Fsp3) is 0.435. The van der Waals surface area contributed by atoms with Gasteiger partial charge in [0.2, 0.25) is 0 Å². The monoisotopic (exact) mass is 417 g/mol. The number of piperidine rings is 1. The molecule has 0 aliphatic carbocycles. The number of hydrogen-bond acceptors (Lipinski definition) is 3. The minimum Gasteiger partial charge on any atom is -0.369 e. The van der Waals surface area contributed by atoms with Crippen molar-refractivity contribution in [2.24, 2.45) is 0 Å². The highest BCUT2D eigenvalue weighted by Gasteiger charge is 2.32. The number of nitrogens with zero attached hydrogens (tertiary/aromatic N) is 3. The van der Waals surface area contributed by atoms with Crippen LogP contribution in [0.2, 0.25) is 0 Å². The highest BCUT2D eigenvalue weighted by Crippen LogP contribution is 2.32. The Morgan fingerprint density at radius 1 is 0.900 bits per heavy atom. The number of carbonyl (C=O) groups excluding carboxylic acids is 1. The van der Waals surface area contributed by atoms with Gasteiger partial charge in [0.25, 0.3) is 5.91 Å². The number of carbonyl (C=O) groups is 1. The van der Waals surface area contributed by atoms with E-state index >= 15 is 0 Å². The number of piperazine rings is 1. The van der Waals surface area contributed by atoms with E-state index in [2.05, 4.69) is 4.90 Å². The molecule has 30 heavy (non-hydrogen) atoms. The van der Waals surface area contributed by atoms with Crippen molar-refractivity contribution >= 4 is 11.6 Å². The van der Waals surface area contributed by atoms with Crippen LogP contribution in [0.3, 0.4) is 0 Å². The summed E-state index contributed by atoms with van der Waals surface area (Å²) in [7, 11) is 0. The summed E-state index contributed by atoms with van der Waals surface area (Å²) in [4.78, 5) is 19.1. The quantitative estimate of drug-likeness (QED) is 0.751. The Morgan fingerprint density at radius 3 is 2.33 bits per heavy atom. The molecule has 2 aromatic rings. The van der Waals surface area contributed by atoms with Crippen LogP contribution >= 0.6 is 0 Å². The fourth-order valence-electron chi connectivity index (χ4n) is 4.42. The van der Waals surface area contributed by atoms with Crippen molar-refractivity contribution in [1.82, 2.24) is 9.80 Å². The number of halogens is 3. The van der Waals surface area contributed by atoms with Crippen molar-refractivity contribution in [3.63, 3.8) is 0 Å². The average Bonchev–Trinajstić information content (AvgIpc) is 2.79. The maximum Gasteiger partial charge on any atom is 0.416 e. The Bertz CT molecular complexity index is 863. The lowest BCUT2D eigenvalue weighted by molar-refractivity contribution is -0.137. The van der Waals surface area contributed by atoms with Crippen LogP contribution in [0.25, 0.3) is 0 Å². The molecule has 160 valence electrons. The first-order valence-corrected chi connectivity index (χ1v) is 10.4. The molecule has 1 amide bonds. The average molecular weight is 417 g/mol. The molecule has 0 radical (unpaired) electrons. The maximum absolute atomic E-state index is 13.0. The van der Waals surface area contributed by atoms with Gasteiger partial charge in [0.05, 0.1) is 5.56 Å². The molecule has 1 atom stereocenters. The lowest BCUT2D eigenvalue weighted by Gasteiger charge is -2.44. The Balaban J connectivity index is 1.35. The number of alkyl halides is 3. The SMILES string of the molecule is O=C(c1ccccc1)N1CCC[C@H](N2CCN(c3cccc(C(F)(F)F)c3)CC2)C1. The molecular weight excluding hydrogens is 391 g/mol. The maximum atomic E-state index is 13.0. The van der Waals surface area contributed by atoms with Crippen molar-refractivity contribution < 1.29 is 18.0 Å². The first-order chi connectivity index (χ1) is 14.4. The van der Waals surface area contributed by atoms with E-state index in [0.29, 0.717) is 36.9 Å². The number of amides is 1. The summed E-state index contributed by atoms with van der Waals surface area (Å²) in [5.41, 5.74) is 0.728. The zero-order valence-electron chi connectivity index (χ0n) is 16.8. The van der Waals surface area contributed by atoms with Crippen molar-refractivity contribution in [3.8, 4) is 0 Å². The second-order valence-corrected chi connectivity index (χ2v) is 7.98. The van der Waals surface area contributed by atoms with Crippen molar-refractivity contribution in [2.75, 3.05) is 44.2 Å². The normalized spacial score (nSPS) is 21.0. The molecule has 2 aliphatic heterocycles. The minimum atomic E-state index is -4.32. The molecule has 0 spiro atoms. The highest BCUT2D eigenvalue weighted by molar-refractivity contribution is 5.94. The Hall–Kier alpha value is -2.54. The summed E-state index contributed by atoms with van der Waals surface area (Å²) in [5.74, 6) is 0.0721. The van der Waals surface area contributed by atoms with Gasteiger partial charge in [-0.3, -0.25) is 9.69 Å². The van der Waals surface area contributed by atoms with E-state index in [1.807, 2.05) is 40.1 Å². The van der Waals surface area contributed by atoms with Gasteiger partial charge in [-0.05, 0) is 43.2 Å². The molecule has 0 N–H and O–H groups in total. The molecule has 7 heteroatoms. The van der Waals surface area contributed by atoms with Crippen LogP contribution in [0.4, 0.5) is 18.9 Å². The summed E-state index contributed by atoms with van der Waals surface area (Å²) in [6.45, 7) is 4.42. The third kappa shape index (κ3) is 4.61. The minimum absolute atomic E-state index is 0.0721. The van der Waals surface area contributed by atoms with Gasteiger partial charge in [0.15, 0.2) is 0 Å². The zero-order chi connectivity index (χ0) is 21.1. The topological polar surface area (TPSA) is 26.8 Å². The third-order valence-corrected chi connectivity index (χ3v) is 6.07.